The van der Waals surface area contributed by atoms with Gasteiger partial charge in [0.1, 0.15) is 6.29 Å². The van der Waals surface area contributed by atoms with Crippen LogP contribution in [0.4, 0.5) is 0 Å². The first-order chi connectivity index (χ1) is 6.27. The Morgan fingerprint density at radius 3 is 2.46 bits per heavy atom. The van der Waals surface area contributed by atoms with E-state index in [1.807, 2.05) is 24.3 Å². The molecule has 3 heteroatoms. The highest BCUT2D eigenvalue weighted by Crippen LogP contribution is 2.19. The molecule has 1 aromatic rings. The fourth-order valence-electron chi connectivity index (χ4n) is 1.22. The normalized spacial score (nSPS) is 12.5. The van der Waals surface area contributed by atoms with Gasteiger partial charge in [0, 0.05) is 17.4 Å². The number of aldehydes is 1. The van der Waals surface area contributed by atoms with E-state index < -0.39 is 0 Å². The maximum Gasteiger partial charge on any atom is 0.120 e. The molecule has 0 amide bonds. The molecule has 0 saturated heterocycles. The van der Waals surface area contributed by atoms with Crippen LogP contribution in [0.25, 0.3) is 0 Å². The third-order valence-electron chi connectivity index (χ3n) is 2.01. The molecule has 0 heterocycles. The molecular formula is C10H12ClNO. The van der Waals surface area contributed by atoms with Gasteiger partial charge >= 0.3 is 0 Å². The molecule has 1 aromatic carbocycles. The second-order valence-corrected chi connectivity index (χ2v) is 3.32. The summed E-state index contributed by atoms with van der Waals surface area (Å²) in [4.78, 5) is 10.3. The first-order valence-corrected chi connectivity index (χ1v) is 4.55. The third kappa shape index (κ3) is 2.83. The second-order valence-electron chi connectivity index (χ2n) is 2.89. The molecular weight excluding hydrogens is 186 g/mol. The zero-order valence-corrected chi connectivity index (χ0v) is 8.00. The van der Waals surface area contributed by atoms with Crippen molar-refractivity contribution >= 4 is 17.9 Å². The average Bonchev–Trinajstić information content (AvgIpc) is 2.16. The Balaban J connectivity index is 2.78. The van der Waals surface area contributed by atoms with E-state index in [2.05, 4.69) is 0 Å². The molecule has 0 aromatic heterocycles. The van der Waals surface area contributed by atoms with Crippen molar-refractivity contribution in [1.29, 1.82) is 0 Å². The Bertz CT molecular complexity index is 271. The van der Waals surface area contributed by atoms with Crippen LogP contribution in [0.3, 0.4) is 0 Å². The van der Waals surface area contributed by atoms with Crippen LogP contribution in [0.1, 0.15) is 17.9 Å². The predicted octanol–water partition coefficient (Wildman–Crippen LogP) is 1.97. The number of halogens is 1. The van der Waals surface area contributed by atoms with Gasteiger partial charge in [-0.2, -0.15) is 0 Å². The summed E-state index contributed by atoms with van der Waals surface area (Å²) < 4.78 is 0. The predicted molar refractivity (Wildman–Crippen MR) is 53.9 cm³/mol. The molecule has 70 valence electrons. The number of hydrogen-bond acceptors (Lipinski definition) is 2. The van der Waals surface area contributed by atoms with Crippen molar-refractivity contribution in [2.24, 2.45) is 5.73 Å². The van der Waals surface area contributed by atoms with Crippen LogP contribution >= 0.6 is 11.6 Å². The average molecular weight is 198 g/mol. The van der Waals surface area contributed by atoms with Crippen molar-refractivity contribution in [1.82, 2.24) is 0 Å². The van der Waals surface area contributed by atoms with Crippen molar-refractivity contribution in [3.63, 3.8) is 0 Å². The van der Waals surface area contributed by atoms with Crippen LogP contribution in [-0.4, -0.2) is 12.8 Å². The first kappa shape index (κ1) is 10.2. The van der Waals surface area contributed by atoms with Gasteiger partial charge in [-0.15, -0.1) is 0 Å². The van der Waals surface area contributed by atoms with Crippen LogP contribution in [0.2, 0.25) is 5.02 Å². The van der Waals surface area contributed by atoms with E-state index in [0.29, 0.717) is 18.0 Å². The Morgan fingerprint density at radius 1 is 1.38 bits per heavy atom. The summed E-state index contributed by atoms with van der Waals surface area (Å²) in [5.41, 5.74) is 6.61. The molecule has 0 aliphatic rings. The fraction of sp³-hybridized carbons (Fsp3) is 0.300. The van der Waals surface area contributed by atoms with Crippen molar-refractivity contribution in [3.05, 3.63) is 34.9 Å². The molecule has 2 nitrogen and oxygen atoms in total. The Labute approximate surface area is 82.7 Å². The van der Waals surface area contributed by atoms with Crippen molar-refractivity contribution < 1.29 is 4.79 Å². The molecule has 2 N–H and O–H groups in total. The Morgan fingerprint density at radius 2 is 2.00 bits per heavy atom. The van der Waals surface area contributed by atoms with Crippen LogP contribution in [0, 0.1) is 0 Å². The van der Waals surface area contributed by atoms with Crippen LogP contribution in [0.15, 0.2) is 24.3 Å². The fourth-order valence-corrected chi connectivity index (χ4v) is 1.35. The maximum atomic E-state index is 10.3. The van der Waals surface area contributed by atoms with E-state index in [4.69, 9.17) is 17.3 Å². The summed E-state index contributed by atoms with van der Waals surface area (Å²) in [6, 6.07) is 7.43. The van der Waals surface area contributed by atoms with Crippen molar-refractivity contribution in [2.45, 2.75) is 12.3 Å². The smallest absolute Gasteiger partial charge is 0.120 e. The molecule has 1 unspecified atom stereocenters. The van der Waals surface area contributed by atoms with Gasteiger partial charge in [0.05, 0.1) is 0 Å². The lowest BCUT2D eigenvalue weighted by atomic mass is 9.97. The minimum atomic E-state index is 0.120. The molecule has 0 aliphatic heterocycles. The van der Waals surface area contributed by atoms with Gasteiger partial charge in [0.25, 0.3) is 0 Å². The Kier molecular flexibility index (Phi) is 3.93. The summed E-state index contributed by atoms with van der Waals surface area (Å²) in [6.07, 6.45) is 1.37. The van der Waals surface area contributed by atoms with Crippen LogP contribution in [-0.2, 0) is 4.79 Å². The van der Waals surface area contributed by atoms with Crippen LogP contribution in [0.5, 0.6) is 0 Å². The summed E-state index contributed by atoms with van der Waals surface area (Å²) in [5.74, 6) is 0.120. The quantitative estimate of drug-likeness (QED) is 0.750. The van der Waals surface area contributed by atoms with Gasteiger partial charge in [-0.1, -0.05) is 23.7 Å². The van der Waals surface area contributed by atoms with Crippen molar-refractivity contribution in [2.75, 3.05) is 6.54 Å². The van der Waals surface area contributed by atoms with Gasteiger partial charge in [0.15, 0.2) is 0 Å². The topological polar surface area (TPSA) is 43.1 Å². The number of carbonyl (C=O) groups excluding carboxylic acids is 1. The van der Waals surface area contributed by atoms with E-state index in [0.717, 1.165) is 11.8 Å². The molecule has 1 atom stereocenters. The number of benzene rings is 1. The highest BCUT2D eigenvalue weighted by atomic mass is 35.5. The van der Waals surface area contributed by atoms with Gasteiger partial charge in [-0.3, -0.25) is 0 Å². The largest absolute Gasteiger partial charge is 0.330 e. The maximum absolute atomic E-state index is 10.3. The van der Waals surface area contributed by atoms with Crippen molar-refractivity contribution in [3.8, 4) is 0 Å². The third-order valence-corrected chi connectivity index (χ3v) is 2.26. The molecule has 0 spiro atoms. The van der Waals surface area contributed by atoms with Gasteiger partial charge < -0.3 is 10.5 Å². The van der Waals surface area contributed by atoms with E-state index >= 15 is 0 Å². The van der Waals surface area contributed by atoms with E-state index in [-0.39, 0.29) is 5.92 Å². The minimum absolute atomic E-state index is 0.120. The number of rotatable bonds is 4. The SMILES string of the molecule is NCC(CC=O)c1ccc(Cl)cc1. The molecule has 0 radical (unpaired) electrons. The second kappa shape index (κ2) is 5.00. The summed E-state index contributed by atoms with van der Waals surface area (Å²) >= 11 is 5.74. The molecule has 13 heavy (non-hydrogen) atoms. The monoisotopic (exact) mass is 197 g/mol. The highest BCUT2D eigenvalue weighted by molar-refractivity contribution is 6.30. The molecule has 0 bridgehead atoms. The molecule has 0 saturated carbocycles. The lowest BCUT2D eigenvalue weighted by Gasteiger charge is -2.11. The number of carbonyl (C=O) groups is 1. The highest BCUT2D eigenvalue weighted by Gasteiger charge is 2.07. The Hall–Kier alpha value is -0.860. The lowest BCUT2D eigenvalue weighted by molar-refractivity contribution is -0.108. The number of hydrogen-bond donors (Lipinski definition) is 1. The lowest BCUT2D eigenvalue weighted by Crippen LogP contribution is -2.12. The van der Waals surface area contributed by atoms with E-state index in [1.165, 1.54) is 0 Å². The molecule has 0 aliphatic carbocycles. The van der Waals surface area contributed by atoms with E-state index in [1.54, 1.807) is 0 Å². The summed E-state index contributed by atoms with van der Waals surface area (Å²) in [5, 5.41) is 0.700. The zero-order valence-electron chi connectivity index (χ0n) is 7.24. The zero-order chi connectivity index (χ0) is 9.68. The van der Waals surface area contributed by atoms with Gasteiger partial charge in [-0.05, 0) is 24.2 Å². The van der Waals surface area contributed by atoms with Gasteiger partial charge in [-0.25, -0.2) is 0 Å². The first-order valence-electron chi connectivity index (χ1n) is 4.17. The standard InChI is InChI=1S/C10H12ClNO/c11-10-3-1-8(2-4-10)9(7-12)5-6-13/h1-4,6,9H,5,7,12H2. The summed E-state index contributed by atoms with van der Waals surface area (Å²) in [6.45, 7) is 0.486. The number of nitrogens with two attached hydrogens (primary N) is 1. The van der Waals surface area contributed by atoms with Gasteiger partial charge in [0.2, 0.25) is 0 Å². The molecule has 1 rings (SSSR count). The van der Waals surface area contributed by atoms with E-state index in [9.17, 15) is 4.79 Å². The van der Waals surface area contributed by atoms with Crippen LogP contribution < -0.4 is 5.73 Å². The molecule has 0 fully saturated rings. The summed E-state index contributed by atoms with van der Waals surface area (Å²) in [7, 11) is 0. The minimum Gasteiger partial charge on any atom is -0.330 e.